The maximum atomic E-state index is 12.6. The molecule has 0 atom stereocenters. The van der Waals surface area contributed by atoms with Crippen LogP contribution in [-0.4, -0.2) is 9.97 Å². The average molecular weight is 190 g/mol. The zero-order valence-corrected chi connectivity index (χ0v) is 7.20. The molecule has 2 aromatic rings. The Balaban J connectivity index is 2.56. The van der Waals surface area contributed by atoms with Crippen molar-refractivity contribution in [2.24, 2.45) is 0 Å². The lowest BCUT2D eigenvalue weighted by atomic mass is 10.1. The Morgan fingerprint density at radius 2 is 1.93 bits per heavy atom. The van der Waals surface area contributed by atoms with Crippen LogP contribution in [0.15, 0.2) is 41.5 Å². The Morgan fingerprint density at radius 3 is 2.57 bits per heavy atom. The van der Waals surface area contributed by atoms with E-state index >= 15 is 0 Å². The van der Waals surface area contributed by atoms with E-state index in [2.05, 4.69) is 9.97 Å². The van der Waals surface area contributed by atoms with E-state index in [0.717, 1.165) is 0 Å². The highest BCUT2D eigenvalue weighted by molar-refractivity contribution is 5.57. The molecule has 2 rings (SSSR count). The predicted octanol–water partition coefficient (Wildman–Crippen LogP) is 1.58. The molecule has 3 nitrogen and oxygen atoms in total. The number of aromatic amines is 1. The van der Waals surface area contributed by atoms with Gasteiger partial charge in [-0.2, -0.15) is 0 Å². The zero-order chi connectivity index (χ0) is 9.97. The molecule has 1 aromatic heterocycles. The van der Waals surface area contributed by atoms with Gasteiger partial charge >= 0.3 is 0 Å². The molecule has 0 spiro atoms. The van der Waals surface area contributed by atoms with E-state index < -0.39 is 0 Å². The normalized spacial score (nSPS) is 10.1. The van der Waals surface area contributed by atoms with E-state index in [-0.39, 0.29) is 11.4 Å². The van der Waals surface area contributed by atoms with Crippen molar-refractivity contribution in [3.8, 4) is 11.3 Å². The number of rotatable bonds is 1. The van der Waals surface area contributed by atoms with Crippen LogP contribution in [0.25, 0.3) is 11.3 Å². The monoisotopic (exact) mass is 190 g/mol. The molecule has 70 valence electrons. The molecule has 0 saturated carbocycles. The number of nitrogens with zero attached hydrogens (tertiary/aromatic N) is 1. The minimum absolute atomic E-state index is 0.279. The van der Waals surface area contributed by atoms with Gasteiger partial charge in [-0.25, -0.2) is 9.37 Å². The van der Waals surface area contributed by atoms with Crippen LogP contribution < -0.4 is 5.56 Å². The highest BCUT2D eigenvalue weighted by Gasteiger charge is 2.02. The summed E-state index contributed by atoms with van der Waals surface area (Å²) in [5.74, 6) is -0.332. The van der Waals surface area contributed by atoms with Crippen LogP contribution >= 0.6 is 0 Å². The number of H-pyrrole nitrogens is 1. The van der Waals surface area contributed by atoms with E-state index in [1.54, 1.807) is 0 Å². The number of hydrogen-bond acceptors (Lipinski definition) is 2. The molecule has 0 unspecified atom stereocenters. The minimum atomic E-state index is -0.332. The second-order valence-corrected chi connectivity index (χ2v) is 2.77. The third-order valence-electron chi connectivity index (χ3n) is 1.83. The Labute approximate surface area is 79.3 Å². The fourth-order valence-corrected chi connectivity index (χ4v) is 1.17. The summed E-state index contributed by atoms with van der Waals surface area (Å²) in [5, 5.41) is 0. The van der Waals surface area contributed by atoms with Gasteiger partial charge in [0.15, 0.2) is 0 Å². The van der Waals surface area contributed by atoms with Crippen LogP contribution in [-0.2, 0) is 0 Å². The molecule has 1 heterocycles. The maximum absolute atomic E-state index is 12.6. The molecule has 0 amide bonds. The van der Waals surface area contributed by atoms with Crippen molar-refractivity contribution >= 4 is 0 Å². The van der Waals surface area contributed by atoms with Gasteiger partial charge in [-0.1, -0.05) is 0 Å². The Bertz CT molecular complexity index is 490. The number of benzene rings is 1. The summed E-state index contributed by atoms with van der Waals surface area (Å²) in [5.41, 5.74) is 0.625. The molecule has 0 bridgehead atoms. The lowest BCUT2D eigenvalue weighted by molar-refractivity contribution is 0.628. The van der Waals surface area contributed by atoms with Crippen LogP contribution in [0.3, 0.4) is 0 Å². The summed E-state index contributed by atoms with van der Waals surface area (Å²) in [4.78, 5) is 17.7. The topological polar surface area (TPSA) is 45.8 Å². The van der Waals surface area contributed by atoms with E-state index in [9.17, 15) is 9.18 Å². The fraction of sp³-hybridized carbons (Fsp3) is 0. The van der Waals surface area contributed by atoms with Crippen molar-refractivity contribution in [1.82, 2.24) is 9.97 Å². The molecule has 0 radical (unpaired) electrons. The van der Waals surface area contributed by atoms with Crippen LogP contribution in [0, 0.1) is 5.82 Å². The first-order chi connectivity index (χ1) is 6.77. The van der Waals surface area contributed by atoms with Gasteiger partial charge in [0.05, 0.1) is 0 Å². The standard InChI is InChI=1S/C10H7FN2O/c11-8-3-1-7(2-4-8)9-10(14)13-6-5-12-9/h1-6H,(H,13,14). The summed E-state index contributed by atoms with van der Waals surface area (Å²) >= 11 is 0. The largest absolute Gasteiger partial charge is 0.326 e. The molecule has 0 fully saturated rings. The first kappa shape index (κ1) is 8.62. The van der Waals surface area contributed by atoms with Gasteiger partial charge < -0.3 is 4.98 Å². The number of nitrogens with one attached hydrogen (secondary N) is 1. The average Bonchev–Trinajstić information content (AvgIpc) is 2.20. The first-order valence-corrected chi connectivity index (χ1v) is 4.07. The maximum Gasteiger partial charge on any atom is 0.274 e. The predicted molar refractivity (Wildman–Crippen MR) is 50.3 cm³/mol. The Morgan fingerprint density at radius 1 is 1.21 bits per heavy atom. The van der Waals surface area contributed by atoms with Crippen LogP contribution in [0.2, 0.25) is 0 Å². The third-order valence-corrected chi connectivity index (χ3v) is 1.83. The van der Waals surface area contributed by atoms with E-state index in [1.165, 1.54) is 36.7 Å². The van der Waals surface area contributed by atoms with Gasteiger partial charge in [-0.15, -0.1) is 0 Å². The molecule has 0 aliphatic carbocycles. The van der Waals surface area contributed by atoms with Gasteiger partial charge in [-0.3, -0.25) is 4.79 Å². The third kappa shape index (κ3) is 1.54. The molecular formula is C10H7FN2O. The molecule has 1 aromatic carbocycles. The van der Waals surface area contributed by atoms with Gasteiger partial charge in [0, 0.05) is 18.0 Å². The van der Waals surface area contributed by atoms with Gasteiger partial charge in [0.2, 0.25) is 0 Å². The van der Waals surface area contributed by atoms with E-state index in [4.69, 9.17) is 0 Å². The Hall–Kier alpha value is -1.97. The Kier molecular flexibility index (Phi) is 2.10. The lowest BCUT2D eigenvalue weighted by Gasteiger charge is -1.97. The lowest BCUT2D eigenvalue weighted by Crippen LogP contribution is -2.09. The van der Waals surface area contributed by atoms with Crippen molar-refractivity contribution in [1.29, 1.82) is 0 Å². The smallest absolute Gasteiger partial charge is 0.274 e. The van der Waals surface area contributed by atoms with Crippen LogP contribution in [0.5, 0.6) is 0 Å². The molecule has 0 aliphatic rings. The zero-order valence-electron chi connectivity index (χ0n) is 7.20. The van der Waals surface area contributed by atoms with Crippen molar-refractivity contribution < 1.29 is 4.39 Å². The van der Waals surface area contributed by atoms with E-state index in [0.29, 0.717) is 11.3 Å². The second kappa shape index (κ2) is 3.41. The highest BCUT2D eigenvalue weighted by Crippen LogP contribution is 2.12. The van der Waals surface area contributed by atoms with Gasteiger partial charge in [0.1, 0.15) is 11.5 Å². The van der Waals surface area contributed by atoms with Crippen molar-refractivity contribution in [2.45, 2.75) is 0 Å². The first-order valence-electron chi connectivity index (χ1n) is 4.07. The fourth-order valence-electron chi connectivity index (χ4n) is 1.17. The minimum Gasteiger partial charge on any atom is -0.326 e. The van der Waals surface area contributed by atoms with Crippen LogP contribution in [0.1, 0.15) is 0 Å². The van der Waals surface area contributed by atoms with Crippen molar-refractivity contribution in [2.75, 3.05) is 0 Å². The van der Waals surface area contributed by atoms with Crippen molar-refractivity contribution in [3.05, 3.63) is 52.8 Å². The van der Waals surface area contributed by atoms with Crippen LogP contribution in [0.4, 0.5) is 4.39 Å². The van der Waals surface area contributed by atoms with E-state index in [1.807, 2.05) is 0 Å². The summed E-state index contributed by atoms with van der Waals surface area (Å²) in [6.45, 7) is 0. The molecule has 1 N–H and O–H groups in total. The number of hydrogen-bond donors (Lipinski definition) is 1. The van der Waals surface area contributed by atoms with Gasteiger partial charge in [-0.05, 0) is 24.3 Å². The molecular weight excluding hydrogens is 183 g/mol. The number of halogens is 1. The highest BCUT2D eigenvalue weighted by atomic mass is 19.1. The quantitative estimate of drug-likeness (QED) is 0.741. The number of aromatic nitrogens is 2. The molecule has 0 aliphatic heterocycles. The summed E-state index contributed by atoms with van der Waals surface area (Å²) in [7, 11) is 0. The summed E-state index contributed by atoms with van der Waals surface area (Å²) < 4.78 is 12.6. The molecule has 14 heavy (non-hydrogen) atoms. The summed E-state index contributed by atoms with van der Waals surface area (Å²) in [6.07, 6.45) is 2.94. The van der Waals surface area contributed by atoms with Gasteiger partial charge in [0.25, 0.3) is 5.56 Å². The van der Waals surface area contributed by atoms with Crippen molar-refractivity contribution in [3.63, 3.8) is 0 Å². The second-order valence-electron chi connectivity index (χ2n) is 2.77. The SMILES string of the molecule is O=c1[nH]ccnc1-c1ccc(F)cc1. The summed E-state index contributed by atoms with van der Waals surface area (Å²) in [6, 6.07) is 5.63. The molecule has 0 saturated heterocycles. The molecule has 4 heteroatoms.